The monoisotopic (exact) mass is 320 g/mol. The van der Waals surface area contributed by atoms with Gasteiger partial charge in [-0.25, -0.2) is 4.98 Å². The Morgan fingerprint density at radius 1 is 1.41 bits per heavy atom. The SMILES string of the molecule is CC(C)(C)/C=C/C=C/c1cc(OCC2CCCN2)cnc1Cl. The molecule has 2 rings (SSSR count). The zero-order chi connectivity index (χ0) is 16.0. The summed E-state index contributed by atoms with van der Waals surface area (Å²) in [5, 5.41) is 3.91. The van der Waals surface area contributed by atoms with E-state index in [2.05, 4.69) is 37.1 Å². The van der Waals surface area contributed by atoms with Crippen LogP contribution >= 0.6 is 11.6 Å². The number of nitrogens with one attached hydrogen (secondary N) is 1. The van der Waals surface area contributed by atoms with Crippen LogP contribution in [0.4, 0.5) is 0 Å². The molecule has 3 nitrogen and oxygen atoms in total. The highest BCUT2D eigenvalue weighted by Crippen LogP contribution is 2.21. The van der Waals surface area contributed by atoms with Crippen LogP contribution in [0.5, 0.6) is 5.75 Å². The quantitative estimate of drug-likeness (QED) is 0.641. The van der Waals surface area contributed by atoms with Crippen LogP contribution in [0, 0.1) is 5.41 Å². The van der Waals surface area contributed by atoms with E-state index >= 15 is 0 Å². The molecule has 1 aromatic rings. The molecule has 22 heavy (non-hydrogen) atoms. The van der Waals surface area contributed by atoms with Gasteiger partial charge in [0.1, 0.15) is 17.5 Å². The molecule has 1 saturated heterocycles. The van der Waals surface area contributed by atoms with Crippen LogP contribution in [0.3, 0.4) is 0 Å². The molecule has 0 aromatic carbocycles. The van der Waals surface area contributed by atoms with Crippen LogP contribution in [-0.2, 0) is 0 Å². The van der Waals surface area contributed by atoms with Crippen molar-refractivity contribution in [2.24, 2.45) is 5.41 Å². The molecule has 0 spiro atoms. The average Bonchev–Trinajstić information content (AvgIpc) is 2.96. The number of halogens is 1. The van der Waals surface area contributed by atoms with E-state index in [0.29, 0.717) is 17.8 Å². The van der Waals surface area contributed by atoms with Gasteiger partial charge in [-0.15, -0.1) is 0 Å². The lowest BCUT2D eigenvalue weighted by Gasteiger charge is -2.12. The zero-order valence-electron chi connectivity index (χ0n) is 13.6. The summed E-state index contributed by atoms with van der Waals surface area (Å²) in [6, 6.07) is 2.38. The third-order valence-corrected chi connectivity index (χ3v) is 3.75. The van der Waals surface area contributed by atoms with Crippen molar-refractivity contribution < 1.29 is 4.74 Å². The molecule has 0 saturated carbocycles. The summed E-state index contributed by atoms with van der Waals surface area (Å²) in [7, 11) is 0. The molecule has 0 radical (unpaired) electrons. The summed E-state index contributed by atoms with van der Waals surface area (Å²) in [6.07, 6.45) is 12.2. The lowest BCUT2D eigenvalue weighted by molar-refractivity contribution is 0.276. The smallest absolute Gasteiger partial charge is 0.138 e. The van der Waals surface area contributed by atoms with Crippen LogP contribution in [0.25, 0.3) is 6.08 Å². The Morgan fingerprint density at radius 2 is 2.23 bits per heavy atom. The largest absolute Gasteiger partial charge is 0.490 e. The molecule has 2 heterocycles. The van der Waals surface area contributed by atoms with Gasteiger partial charge in [-0.1, -0.05) is 56.7 Å². The number of aromatic nitrogens is 1. The van der Waals surface area contributed by atoms with Gasteiger partial charge in [0.25, 0.3) is 0 Å². The molecule has 1 aliphatic rings. The van der Waals surface area contributed by atoms with E-state index in [4.69, 9.17) is 16.3 Å². The number of hydrogen-bond donors (Lipinski definition) is 1. The molecule has 4 heteroatoms. The highest BCUT2D eigenvalue weighted by atomic mass is 35.5. The third kappa shape index (κ3) is 5.82. The lowest BCUT2D eigenvalue weighted by atomic mass is 9.96. The molecular weight excluding hydrogens is 296 g/mol. The summed E-state index contributed by atoms with van der Waals surface area (Å²) in [4.78, 5) is 4.20. The van der Waals surface area contributed by atoms with Crippen molar-refractivity contribution in [1.82, 2.24) is 10.3 Å². The van der Waals surface area contributed by atoms with Gasteiger partial charge in [0.05, 0.1) is 6.20 Å². The first kappa shape index (κ1) is 17.0. The van der Waals surface area contributed by atoms with Crippen molar-refractivity contribution in [1.29, 1.82) is 0 Å². The van der Waals surface area contributed by atoms with Gasteiger partial charge in [-0.05, 0) is 30.9 Å². The summed E-state index contributed by atoms with van der Waals surface area (Å²) < 4.78 is 5.81. The summed E-state index contributed by atoms with van der Waals surface area (Å²) in [5.41, 5.74) is 1.04. The van der Waals surface area contributed by atoms with E-state index in [0.717, 1.165) is 17.9 Å². The molecule has 120 valence electrons. The number of nitrogens with zero attached hydrogens (tertiary/aromatic N) is 1. The second-order valence-electron chi connectivity index (χ2n) is 6.74. The molecule has 0 amide bonds. The van der Waals surface area contributed by atoms with E-state index in [9.17, 15) is 0 Å². The number of pyridine rings is 1. The van der Waals surface area contributed by atoms with Crippen LogP contribution in [0.1, 0.15) is 39.2 Å². The minimum atomic E-state index is 0.172. The van der Waals surface area contributed by atoms with Gasteiger partial charge < -0.3 is 10.1 Å². The van der Waals surface area contributed by atoms with Crippen molar-refractivity contribution >= 4 is 17.7 Å². The van der Waals surface area contributed by atoms with Crippen molar-refractivity contribution in [2.45, 2.75) is 39.7 Å². The first-order chi connectivity index (χ1) is 10.4. The Morgan fingerprint density at radius 3 is 2.91 bits per heavy atom. The van der Waals surface area contributed by atoms with Gasteiger partial charge in [-0.3, -0.25) is 0 Å². The second-order valence-corrected chi connectivity index (χ2v) is 7.10. The van der Waals surface area contributed by atoms with Crippen molar-refractivity contribution in [3.63, 3.8) is 0 Å². The summed E-state index contributed by atoms with van der Waals surface area (Å²) in [6.45, 7) is 8.25. The summed E-state index contributed by atoms with van der Waals surface area (Å²) in [5.74, 6) is 0.762. The zero-order valence-corrected chi connectivity index (χ0v) is 14.4. The molecule has 0 bridgehead atoms. The van der Waals surface area contributed by atoms with Gasteiger partial charge in [0, 0.05) is 11.6 Å². The molecule has 0 aliphatic carbocycles. The van der Waals surface area contributed by atoms with Crippen molar-refractivity contribution in [2.75, 3.05) is 13.2 Å². The van der Waals surface area contributed by atoms with Crippen LogP contribution < -0.4 is 10.1 Å². The number of ether oxygens (including phenoxy) is 1. The van der Waals surface area contributed by atoms with Gasteiger partial charge in [0.15, 0.2) is 0 Å². The Hall–Kier alpha value is -1.32. The highest BCUT2D eigenvalue weighted by molar-refractivity contribution is 6.30. The van der Waals surface area contributed by atoms with Gasteiger partial charge >= 0.3 is 0 Å². The molecule has 1 aromatic heterocycles. The van der Waals surface area contributed by atoms with Crippen LogP contribution in [0.2, 0.25) is 5.15 Å². The molecular formula is C18H25ClN2O. The van der Waals surface area contributed by atoms with E-state index in [-0.39, 0.29) is 5.41 Å². The maximum Gasteiger partial charge on any atom is 0.138 e. The topological polar surface area (TPSA) is 34.1 Å². The van der Waals surface area contributed by atoms with Gasteiger partial charge in [0.2, 0.25) is 0 Å². The highest BCUT2D eigenvalue weighted by Gasteiger charge is 2.14. The Bertz CT molecular complexity index is 541. The number of rotatable bonds is 5. The maximum atomic E-state index is 6.14. The first-order valence-electron chi connectivity index (χ1n) is 7.82. The maximum absolute atomic E-state index is 6.14. The molecule has 1 N–H and O–H groups in total. The number of hydrogen-bond acceptors (Lipinski definition) is 3. The normalized spacial score (nSPS) is 19.4. The Balaban J connectivity index is 1.97. The standard InChI is InChI=1S/C18H25ClN2O/c1-18(2,3)9-5-4-7-14-11-16(12-21-17(14)19)22-13-15-8-6-10-20-15/h4-5,7,9,11-12,15,20H,6,8,10,13H2,1-3H3/b7-4+,9-5+. The van der Waals surface area contributed by atoms with E-state index in [1.807, 2.05) is 24.3 Å². The fraction of sp³-hybridized carbons (Fsp3) is 0.500. The summed E-state index contributed by atoms with van der Waals surface area (Å²) >= 11 is 6.14. The van der Waals surface area contributed by atoms with E-state index in [1.54, 1.807) is 6.20 Å². The molecule has 1 fully saturated rings. The molecule has 1 unspecified atom stereocenters. The average molecular weight is 321 g/mol. The van der Waals surface area contributed by atoms with Crippen LogP contribution in [-0.4, -0.2) is 24.2 Å². The van der Waals surface area contributed by atoms with Gasteiger partial charge in [-0.2, -0.15) is 0 Å². The second kappa shape index (κ2) is 7.80. The van der Waals surface area contributed by atoms with E-state index < -0.39 is 0 Å². The van der Waals surface area contributed by atoms with Crippen LogP contribution in [0.15, 0.2) is 30.5 Å². The fourth-order valence-corrected chi connectivity index (χ4v) is 2.41. The third-order valence-electron chi connectivity index (χ3n) is 3.44. The van der Waals surface area contributed by atoms with E-state index in [1.165, 1.54) is 12.8 Å². The molecule has 1 atom stereocenters. The Kier molecular flexibility index (Phi) is 6.04. The first-order valence-corrected chi connectivity index (χ1v) is 8.19. The fourth-order valence-electron chi connectivity index (χ4n) is 2.24. The van der Waals surface area contributed by atoms with Crippen molar-refractivity contribution in [3.05, 3.63) is 41.2 Å². The Labute approximate surface area is 138 Å². The predicted molar refractivity (Wildman–Crippen MR) is 93.4 cm³/mol. The molecule has 1 aliphatic heterocycles. The minimum Gasteiger partial charge on any atom is -0.490 e. The lowest BCUT2D eigenvalue weighted by Crippen LogP contribution is -2.28. The van der Waals surface area contributed by atoms with Crippen molar-refractivity contribution in [3.8, 4) is 5.75 Å². The minimum absolute atomic E-state index is 0.172. The number of allylic oxidation sites excluding steroid dienone is 3. The predicted octanol–water partition coefficient (Wildman–Crippen LogP) is 4.48.